The monoisotopic (exact) mass is 386 g/mol. The number of nitrogens with zero attached hydrogens (tertiary/aromatic N) is 5. The maximum absolute atomic E-state index is 5.70. The Bertz CT molecular complexity index is 1160. The lowest BCUT2D eigenvalue weighted by atomic mass is 9.98. The number of methoxy groups -OCH3 is 1. The van der Waals surface area contributed by atoms with Crippen LogP contribution in [0.4, 0.5) is 11.6 Å². The third-order valence-corrected chi connectivity index (χ3v) is 5.38. The topological polar surface area (TPSA) is 68.1 Å². The van der Waals surface area contributed by atoms with E-state index in [9.17, 15) is 0 Å². The summed E-state index contributed by atoms with van der Waals surface area (Å²) in [6.45, 7) is 0.989. The van der Waals surface area contributed by atoms with Crippen LogP contribution in [0.15, 0.2) is 61.2 Å². The minimum absolute atomic E-state index is 0.0355. The van der Waals surface area contributed by atoms with Crippen molar-refractivity contribution in [3.8, 4) is 5.69 Å². The first-order valence-electron chi connectivity index (χ1n) is 9.60. The minimum Gasteiger partial charge on any atom is -0.362 e. The molecule has 0 fully saturated rings. The van der Waals surface area contributed by atoms with Crippen LogP contribution in [0.5, 0.6) is 0 Å². The minimum atomic E-state index is -0.0355. The van der Waals surface area contributed by atoms with E-state index in [2.05, 4.69) is 45.4 Å². The van der Waals surface area contributed by atoms with Gasteiger partial charge in [-0.3, -0.25) is 14.5 Å². The van der Waals surface area contributed by atoms with E-state index in [0.717, 1.165) is 35.4 Å². The SMILES string of the molecule is COC1c2cc(Nc3ncc4ccn(-c5cccnc5)c4n3)ccc2CCN1C. The Labute approximate surface area is 169 Å². The van der Waals surface area contributed by atoms with Crippen LogP contribution in [-0.2, 0) is 11.2 Å². The van der Waals surface area contributed by atoms with Gasteiger partial charge >= 0.3 is 0 Å². The van der Waals surface area contributed by atoms with E-state index in [1.807, 2.05) is 41.4 Å². The third kappa shape index (κ3) is 3.24. The van der Waals surface area contributed by atoms with Crippen LogP contribution < -0.4 is 5.32 Å². The van der Waals surface area contributed by atoms with E-state index >= 15 is 0 Å². The van der Waals surface area contributed by atoms with Gasteiger partial charge in [0.15, 0.2) is 0 Å². The second-order valence-corrected chi connectivity index (χ2v) is 7.23. The molecule has 1 aliphatic heterocycles. The van der Waals surface area contributed by atoms with Gasteiger partial charge in [-0.25, -0.2) is 4.98 Å². The molecule has 1 N–H and O–H groups in total. The predicted octanol–water partition coefficient (Wildman–Crippen LogP) is 3.69. The molecule has 4 heterocycles. The van der Waals surface area contributed by atoms with Gasteiger partial charge in [-0.2, -0.15) is 4.98 Å². The standard InChI is InChI=1S/C22H22N6O/c1-27-10-7-15-5-6-17(12-19(15)21(27)29-2)25-22-24-13-16-8-11-28(20(16)26-22)18-4-3-9-23-14-18/h3-6,8-9,11-14,21H,7,10H2,1-2H3,(H,24,25,26). The van der Waals surface area contributed by atoms with E-state index in [0.29, 0.717) is 5.95 Å². The van der Waals surface area contributed by atoms with Crippen LogP contribution in [0.2, 0.25) is 0 Å². The molecule has 0 saturated heterocycles. The maximum atomic E-state index is 5.70. The number of nitrogens with one attached hydrogen (secondary N) is 1. The Morgan fingerprint density at radius 2 is 2.10 bits per heavy atom. The van der Waals surface area contributed by atoms with Crippen LogP contribution in [0.3, 0.4) is 0 Å². The highest BCUT2D eigenvalue weighted by Crippen LogP contribution is 2.32. The summed E-state index contributed by atoms with van der Waals surface area (Å²) in [5.74, 6) is 0.555. The van der Waals surface area contributed by atoms with Crippen molar-refractivity contribution in [1.82, 2.24) is 24.4 Å². The first-order valence-corrected chi connectivity index (χ1v) is 9.60. The molecule has 1 aromatic carbocycles. The quantitative estimate of drug-likeness (QED) is 0.577. The van der Waals surface area contributed by atoms with E-state index in [1.54, 1.807) is 13.3 Å². The van der Waals surface area contributed by atoms with Gasteiger partial charge in [0, 0.05) is 48.9 Å². The number of benzene rings is 1. The molecular weight excluding hydrogens is 364 g/mol. The van der Waals surface area contributed by atoms with Crippen molar-refractivity contribution in [1.29, 1.82) is 0 Å². The van der Waals surface area contributed by atoms with Crippen molar-refractivity contribution >= 4 is 22.7 Å². The second kappa shape index (κ2) is 7.27. The van der Waals surface area contributed by atoms with Gasteiger partial charge in [0.05, 0.1) is 11.9 Å². The Hall–Kier alpha value is -3.29. The number of likely N-dealkylation sites (N-methyl/N-ethyl adjacent to an activating group) is 1. The molecule has 1 atom stereocenters. The number of ether oxygens (including phenoxy) is 1. The van der Waals surface area contributed by atoms with Crippen molar-refractivity contribution in [2.45, 2.75) is 12.6 Å². The summed E-state index contributed by atoms with van der Waals surface area (Å²) in [6.07, 6.45) is 8.39. The fraction of sp³-hybridized carbons (Fsp3) is 0.227. The highest BCUT2D eigenvalue weighted by Gasteiger charge is 2.24. The lowest BCUT2D eigenvalue weighted by Gasteiger charge is -2.33. The molecule has 0 spiro atoms. The van der Waals surface area contributed by atoms with Crippen LogP contribution in [0.1, 0.15) is 17.4 Å². The average Bonchev–Trinajstić information content (AvgIpc) is 3.17. The van der Waals surface area contributed by atoms with Crippen molar-refractivity contribution in [2.24, 2.45) is 0 Å². The van der Waals surface area contributed by atoms with Crippen molar-refractivity contribution in [3.63, 3.8) is 0 Å². The molecule has 7 nitrogen and oxygen atoms in total. The van der Waals surface area contributed by atoms with Crippen LogP contribution in [0.25, 0.3) is 16.7 Å². The summed E-state index contributed by atoms with van der Waals surface area (Å²) in [5.41, 5.74) is 5.25. The Balaban J connectivity index is 1.49. The van der Waals surface area contributed by atoms with Gasteiger partial charge in [0.25, 0.3) is 0 Å². The number of aromatic nitrogens is 4. The second-order valence-electron chi connectivity index (χ2n) is 7.23. The Morgan fingerprint density at radius 3 is 2.93 bits per heavy atom. The average molecular weight is 386 g/mol. The van der Waals surface area contributed by atoms with Crippen molar-refractivity contribution in [3.05, 3.63) is 72.3 Å². The number of rotatable bonds is 4. The van der Waals surface area contributed by atoms with Crippen LogP contribution in [0, 0.1) is 0 Å². The molecule has 146 valence electrons. The van der Waals surface area contributed by atoms with E-state index in [4.69, 9.17) is 9.72 Å². The molecule has 1 aliphatic rings. The van der Waals surface area contributed by atoms with Gasteiger partial charge in [-0.1, -0.05) is 6.07 Å². The van der Waals surface area contributed by atoms with Gasteiger partial charge < -0.3 is 10.1 Å². The summed E-state index contributed by atoms with van der Waals surface area (Å²) < 4.78 is 7.72. The zero-order chi connectivity index (χ0) is 19.8. The van der Waals surface area contributed by atoms with E-state index < -0.39 is 0 Å². The molecule has 0 saturated carbocycles. The lowest BCUT2D eigenvalue weighted by molar-refractivity contribution is -0.0265. The fourth-order valence-corrected chi connectivity index (χ4v) is 3.90. The maximum Gasteiger partial charge on any atom is 0.229 e. The fourth-order valence-electron chi connectivity index (χ4n) is 3.90. The molecule has 0 aliphatic carbocycles. The number of hydrogen-bond acceptors (Lipinski definition) is 6. The largest absolute Gasteiger partial charge is 0.362 e. The predicted molar refractivity (Wildman–Crippen MR) is 112 cm³/mol. The lowest BCUT2D eigenvalue weighted by Crippen LogP contribution is -2.33. The normalized spacial score (nSPS) is 16.7. The molecule has 3 aromatic heterocycles. The number of hydrogen-bond donors (Lipinski definition) is 1. The van der Waals surface area contributed by atoms with Gasteiger partial charge in [-0.15, -0.1) is 0 Å². The number of fused-ring (bicyclic) bond motifs is 2. The van der Waals surface area contributed by atoms with Crippen LogP contribution >= 0.6 is 0 Å². The highest BCUT2D eigenvalue weighted by molar-refractivity contribution is 5.78. The summed E-state index contributed by atoms with van der Waals surface area (Å²) in [7, 11) is 3.83. The number of pyridine rings is 1. The van der Waals surface area contributed by atoms with Gasteiger partial charge in [0.1, 0.15) is 11.9 Å². The molecular formula is C22H22N6O. The molecule has 4 aromatic rings. The van der Waals surface area contributed by atoms with E-state index in [-0.39, 0.29) is 6.23 Å². The summed E-state index contributed by atoms with van der Waals surface area (Å²) >= 11 is 0. The number of anilines is 2. The first-order chi connectivity index (χ1) is 14.2. The van der Waals surface area contributed by atoms with Crippen molar-refractivity contribution < 1.29 is 4.74 Å². The van der Waals surface area contributed by atoms with Crippen molar-refractivity contribution in [2.75, 3.05) is 26.0 Å². The summed E-state index contributed by atoms with van der Waals surface area (Å²) in [6, 6.07) is 12.3. The smallest absolute Gasteiger partial charge is 0.229 e. The molecule has 0 radical (unpaired) electrons. The Kier molecular flexibility index (Phi) is 4.46. The zero-order valence-electron chi connectivity index (χ0n) is 16.4. The van der Waals surface area contributed by atoms with Gasteiger partial charge in [-0.05, 0) is 49.4 Å². The van der Waals surface area contributed by atoms with Crippen LogP contribution in [-0.4, -0.2) is 45.1 Å². The molecule has 0 bridgehead atoms. The summed E-state index contributed by atoms with van der Waals surface area (Å²) in [4.78, 5) is 15.6. The first kappa shape index (κ1) is 17.8. The van der Waals surface area contributed by atoms with E-state index in [1.165, 1.54) is 11.1 Å². The molecule has 29 heavy (non-hydrogen) atoms. The Morgan fingerprint density at radius 1 is 1.17 bits per heavy atom. The summed E-state index contributed by atoms with van der Waals surface area (Å²) in [5, 5.41) is 4.33. The molecule has 1 unspecified atom stereocenters. The molecule has 0 amide bonds. The van der Waals surface area contributed by atoms with Gasteiger partial charge in [0.2, 0.25) is 5.95 Å². The third-order valence-electron chi connectivity index (χ3n) is 5.38. The zero-order valence-corrected chi connectivity index (χ0v) is 16.4. The highest BCUT2D eigenvalue weighted by atomic mass is 16.5. The molecule has 5 rings (SSSR count). The molecule has 7 heteroatoms.